The Morgan fingerprint density at radius 1 is 1.00 bits per heavy atom. The van der Waals surface area contributed by atoms with Crippen molar-refractivity contribution in [1.29, 1.82) is 0 Å². The van der Waals surface area contributed by atoms with E-state index in [4.69, 9.17) is 23.2 Å². The van der Waals surface area contributed by atoms with Crippen molar-refractivity contribution in [3.8, 4) is 0 Å². The summed E-state index contributed by atoms with van der Waals surface area (Å²) in [5.41, 5.74) is 1.81. The lowest BCUT2D eigenvalue weighted by molar-refractivity contribution is -0.132. The van der Waals surface area contributed by atoms with Gasteiger partial charge in [0.15, 0.2) is 5.13 Å². The molecular formula is C22H16Cl2N2O3S. The first kappa shape index (κ1) is 20.6. The Kier molecular flexibility index (Phi) is 5.40. The molecule has 1 atom stereocenters. The molecule has 30 heavy (non-hydrogen) atoms. The molecule has 1 fully saturated rings. The standard InChI is InChI=1S/C22H16Cl2N2O3S/c1-11-12(2)30-22(25-11)26-18(13-3-7-15(23)8-4-13)17(20(28)21(26)29)19(27)14-5-9-16(24)10-6-14/h3-10,18,27H,1-2H3/t18-/m0/s1. The maximum absolute atomic E-state index is 13.0. The van der Waals surface area contributed by atoms with Gasteiger partial charge in [-0.1, -0.05) is 35.3 Å². The van der Waals surface area contributed by atoms with Crippen LogP contribution in [-0.4, -0.2) is 21.8 Å². The number of amides is 1. The Hall–Kier alpha value is -2.67. The summed E-state index contributed by atoms with van der Waals surface area (Å²) in [4.78, 5) is 32.8. The molecule has 2 aromatic carbocycles. The highest BCUT2D eigenvalue weighted by Crippen LogP contribution is 2.43. The highest BCUT2D eigenvalue weighted by atomic mass is 35.5. The first-order chi connectivity index (χ1) is 14.3. The van der Waals surface area contributed by atoms with Gasteiger partial charge in [0.2, 0.25) is 0 Å². The number of ketones is 1. The van der Waals surface area contributed by atoms with Crippen molar-refractivity contribution in [2.45, 2.75) is 19.9 Å². The summed E-state index contributed by atoms with van der Waals surface area (Å²) in [5, 5.41) is 12.4. The molecule has 0 aliphatic carbocycles. The molecule has 152 valence electrons. The molecule has 0 saturated carbocycles. The van der Waals surface area contributed by atoms with E-state index in [0.717, 1.165) is 10.6 Å². The number of aryl methyl sites for hydroxylation is 2. The van der Waals surface area contributed by atoms with Crippen molar-refractivity contribution < 1.29 is 14.7 Å². The van der Waals surface area contributed by atoms with Crippen LogP contribution in [0, 0.1) is 13.8 Å². The fourth-order valence-corrected chi connectivity index (χ4v) is 4.50. The van der Waals surface area contributed by atoms with Crippen LogP contribution in [0.5, 0.6) is 0 Å². The number of aliphatic hydroxyl groups is 1. The second-order valence-electron chi connectivity index (χ2n) is 6.87. The normalized spacial score (nSPS) is 18.3. The molecule has 1 amide bonds. The number of halogens is 2. The minimum Gasteiger partial charge on any atom is -0.507 e. The van der Waals surface area contributed by atoms with Crippen LogP contribution in [0.15, 0.2) is 54.1 Å². The van der Waals surface area contributed by atoms with E-state index in [2.05, 4.69) is 4.98 Å². The van der Waals surface area contributed by atoms with Crippen LogP contribution in [0.25, 0.3) is 5.76 Å². The summed E-state index contributed by atoms with van der Waals surface area (Å²) < 4.78 is 0. The zero-order chi connectivity index (χ0) is 21.6. The van der Waals surface area contributed by atoms with Gasteiger partial charge in [-0.15, -0.1) is 11.3 Å². The Morgan fingerprint density at radius 3 is 2.10 bits per heavy atom. The number of aromatic nitrogens is 1. The average Bonchev–Trinajstić information content (AvgIpc) is 3.18. The first-order valence-corrected chi connectivity index (χ1v) is 10.6. The molecule has 0 radical (unpaired) electrons. The van der Waals surface area contributed by atoms with Gasteiger partial charge in [0, 0.05) is 20.5 Å². The van der Waals surface area contributed by atoms with Crippen molar-refractivity contribution in [2.75, 3.05) is 4.90 Å². The van der Waals surface area contributed by atoms with Crippen molar-refractivity contribution >= 4 is 57.1 Å². The van der Waals surface area contributed by atoms with E-state index >= 15 is 0 Å². The number of carbonyl (C=O) groups excluding carboxylic acids is 2. The molecule has 1 aliphatic rings. The maximum Gasteiger partial charge on any atom is 0.301 e. The molecule has 4 rings (SSSR count). The van der Waals surface area contributed by atoms with Crippen LogP contribution in [0.1, 0.15) is 27.7 Å². The quantitative estimate of drug-likeness (QED) is 0.310. The van der Waals surface area contributed by atoms with Gasteiger partial charge in [0.05, 0.1) is 17.3 Å². The van der Waals surface area contributed by atoms with Crippen LogP contribution < -0.4 is 4.90 Å². The summed E-state index contributed by atoms with van der Waals surface area (Å²) in [6.07, 6.45) is 0. The van der Waals surface area contributed by atoms with Gasteiger partial charge in [0.25, 0.3) is 5.78 Å². The number of rotatable bonds is 3. The molecule has 8 heteroatoms. The number of anilines is 1. The van der Waals surface area contributed by atoms with Gasteiger partial charge in [-0.25, -0.2) is 4.98 Å². The monoisotopic (exact) mass is 458 g/mol. The number of hydrogen-bond acceptors (Lipinski definition) is 5. The Labute approximate surface area is 187 Å². The van der Waals surface area contributed by atoms with Crippen LogP contribution in [0.3, 0.4) is 0 Å². The Morgan fingerprint density at radius 2 is 1.57 bits per heavy atom. The molecule has 0 spiro atoms. The third-order valence-corrected chi connectivity index (χ3v) is 6.55. The number of Topliss-reactive ketones (excluding diaryl/α,β-unsaturated/α-hetero) is 1. The largest absolute Gasteiger partial charge is 0.507 e. The summed E-state index contributed by atoms with van der Waals surface area (Å²) >= 11 is 13.3. The summed E-state index contributed by atoms with van der Waals surface area (Å²) in [7, 11) is 0. The molecule has 0 unspecified atom stereocenters. The van der Waals surface area contributed by atoms with Crippen LogP contribution >= 0.6 is 34.5 Å². The predicted octanol–water partition coefficient (Wildman–Crippen LogP) is 5.69. The van der Waals surface area contributed by atoms with Gasteiger partial charge in [-0.3, -0.25) is 14.5 Å². The number of nitrogens with zero attached hydrogens (tertiary/aromatic N) is 2. The van der Waals surface area contributed by atoms with Gasteiger partial charge in [0.1, 0.15) is 5.76 Å². The summed E-state index contributed by atoms with van der Waals surface area (Å²) in [6.45, 7) is 3.75. The van der Waals surface area contributed by atoms with Crippen molar-refractivity contribution in [1.82, 2.24) is 4.98 Å². The van der Waals surface area contributed by atoms with E-state index in [0.29, 0.717) is 26.3 Å². The van der Waals surface area contributed by atoms with Gasteiger partial charge < -0.3 is 5.11 Å². The van der Waals surface area contributed by atoms with Gasteiger partial charge in [-0.2, -0.15) is 0 Å². The zero-order valence-electron chi connectivity index (χ0n) is 16.0. The van der Waals surface area contributed by atoms with E-state index in [-0.39, 0.29) is 11.3 Å². The topological polar surface area (TPSA) is 70.5 Å². The van der Waals surface area contributed by atoms with E-state index in [9.17, 15) is 14.7 Å². The van der Waals surface area contributed by atoms with Crippen LogP contribution in [0.4, 0.5) is 5.13 Å². The minimum atomic E-state index is -0.831. The zero-order valence-corrected chi connectivity index (χ0v) is 18.3. The predicted molar refractivity (Wildman–Crippen MR) is 119 cm³/mol. The van der Waals surface area contributed by atoms with E-state index in [1.807, 2.05) is 13.8 Å². The fraction of sp³-hybridized carbons (Fsp3) is 0.136. The molecule has 0 bridgehead atoms. The van der Waals surface area contributed by atoms with E-state index in [1.165, 1.54) is 16.2 Å². The number of aliphatic hydroxyl groups excluding tert-OH is 1. The SMILES string of the molecule is Cc1nc(N2C(=O)C(=O)C(=C(O)c3ccc(Cl)cc3)[C@@H]2c2ccc(Cl)cc2)sc1C. The lowest BCUT2D eigenvalue weighted by atomic mass is 9.95. The highest BCUT2D eigenvalue weighted by Gasteiger charge is 2.48. The first-order valence-electron chi connectivity index (χ1n) is 9.04. The third kappa shape index (κ3) is 3.51. The molecule has 3 aromatic rings. The number of hydrogen-bond donors (Lipinski definition) is 1. The molecule has 1 aromatic heterocycles. The van der Waals surface area contributed by atoms with Crippen molar-refractivity contribution in [3.63, 3.8) is 0 Å². The molecule has 2 heterocycles. The lowest BCUT2D eigenvalue weighted by Gasteiger charge is -2.23. The van der Waals surface area contributed by atoms with Gasteiger partial charge >= 0.3 is 5.91 Å². The second kappa shape index (κ2) is 7.87. The molecule has 1 aliphatic heterocycles. The molecular weight excluding hydrogens is 443 g/mol. The molecule has 5 nitrogen and oxygen atoms in total. The highest BCUT2D eigenvalue weighted by molar-refractivity contribution is 7.16. The molecule has 1 N–H and O–H groups in total. The smallest absolute Gasteiger partial charge is 0.301 e. The summed E-state index contributed by atoms with van der Waals surface area (Å²) in [6, 6.07) is 12.4. The Balaban J connectivity index is 1.94. The fourth-order valence-electron chi connectivity index (χ4n) is 3.31. The van der Waals surface area contributed by atoms with E-state index in [1.54, 1.807) is 48.5 Å². The third-order valence-electron chi connectivity index (χ3n) is 4.97. The molecule has 1 saturated heterocycles. The number of carbonyl (C=O) groups is 2. The average molecular weight is 459 g/mol. The van der Waals surface area contributed by atoms with E-state index < -0.39 is 17.7 Å². The second-order valence-corrected chi connectivity index (χ2v) is 8.92. The number of benzene rings is 2. The maximum atomic E-state index is 13.0. The van der Waals surface area contributed by atoms with Crippen molar-refractivity contribution in [3.05, 3.63) is 85.8 Å². The van der Waals surface area contributed by atoms with Gasteiger partial charge in [-0.05, 0) is 55.8 Å². The minimum absolute atomic E-state index is 0.00449. The summed E-state index contributed by atoms with van der Waals surface area (Å²) in [5.74, 6) is -1.77. The Bertz CT molecular complexity index is 1160. The lowest BCUT2D eigenvalue weighted by Crippen LogP contribution is -2.29. The van der Waals surface area contributed by atoms with Crippen molar-refractivity contribution in [2.24, 2.45) is 0 Å². The number of thiazole rings is 1. The van der Waals surface area contributed by atoms with Crippen LogP contribution in [-0.2, 0) is 9.59 Å². The van der Waals surface area contributed by atoms with Crippen LogP contribution in [0.2, 0.25) is 10.0 Å².